The van der Waals surface area contributed by atoms with Gasteiger partial charge >= 0.3 is 6.18 Å². The second kappa shape index (κ2) is 7.86. The van der Waals surface area contributed by atoms with Crippen molar-refractivity contribution < 1.29 is 18.3 Å². The van der Waals surface area contributed by atoms with Crippen molar-refractivity contribution in [2.24, 2.45) is 5.92 Å². The molecule has 0 aliphatic heterocycles. The first-order valence-electron chi connectivity index (χ1n) is 5.49. The Labute approximate surface area is 94.6 Å². The van der Waals surface area contributed by atoms with Gasteiger partial charge in [-0.05, 0) is 19.0 Å². The molecule has 0 aromatic rings. The van der Waals surface area contributed by atoms with Crippen LogP contribution >= 0.6 is 0 Å². The summed E-state index contributed by atoms with van der Waals surface area (Å²) in [5.41, 5.74) is 0. The van der Waals surface area contributed by atoms with Gasteiger partial charge in [0.2, 0.25) is 0 Å². The highest BCUT2D eigenvalue weighted by Gasteiger charge is 2.30. The van der Waals surface area contributed by atoms with Crippen molar-refractivity contribution in [2.75, 3.05) is 39.3 Å². The van der Waals surface area contributed by atoms with Gasteiger partial charge in [0.1, 0.15) is 0 Å². The number of rotatable bonds is 8. The number of halogens is 3. The minimum atomic E-state index is -4.20. The van der Waals surface area contributed by atoms with E-state index >= 15 is 0 Å². The number of aliphatic hydroxyl groups excluding tert-OH is 1. The van der Waals surface area contributed by atoms with Gasteiger partial charge in [0.05, 0.1) is 13.2 Å². The van der Waals surface area contributed by atoms with E-state index in [1.165, 1.54) is 4.90 Å². The topological polar surface area (TPSA) is 35.5 Å². The Hall–Kier alpha value is -0.330. The molecular weight excluding hydrogens is 221 g/mol. The Kier molecular flexibility index (Phi) is 7.70. The summed E-state index contributed by atoms with van der Waals surface area (Å²) in [6, 6.07) is 0. The first-order valence-corrected chi connectivity index (χ1v) is 5.49. The number of hydrogen-bond acceptors (Lipinski definition) is 3. The van der Waals surface area contributed by atoms with Crippen molar-refractivity contribution in [3.63, 3.8) is 0 Å². The van der Waals surface area contributed by atoms with Gasteiger partial charge < -0.3 is 10.4 Å². The van der Waals surface area contributed by atoms with Crippen LogP contribution in [0.3, 0.4) is 0 Å². The van der Waals surface area contributed by atoms with Crippen LogP contribution in [-0.4, -0.2) is 55.5 Å². The average molecular weight is 242 g/mol. The summed E-state index contributed by atoms with van der Waals surface area (Å²) in [6.45, 7) is 4.55. The minimum absolute atomic E-state index is 0.0655. The molecule has 0 heterocycles. The van der Waals surface area contributed by atoms with Gasteiger partial charge in [-0.25, -0.2) is 0 Å². The standard InChI is InChI=1S/C10H21F3N2O/c1-3-14-6-9(2)7-15(4-5-16)8-10(11,12)13/h9,14,16H,3-8H2,1-2H3. The molecule has 0 aliphatic carbocycles. The van der Waals surface area contributed by atoms with E-state index in [4.69, 9.17) is 5.11 Å². The third-order valence-corrected chi connectivity index (χ3v) is 2.13. The summed E-state index contributed by atoms with van der Waals surface area (Å²) in [7, 11) is 0. The molecule has 3 nitrogen and oxygen atoms in total. The lowest BCUT2D eigenvalue weighted by atomic mass is 10.1. The lowest BCUT2D eigenvalue weighted by Gasteiger charge is -2.26. The predicted molar refractivity (Wildman–Crippen MR) is 57.3 cm³/mol. The van der Waals surface area contributed by atoms with Crippen LogP contribution in [-0.2, 0) is 0 Å². The molecule has 1 atom stereocenters. The Morgan fingerprint density at radius 2 is 2.00 bits per heavy atom. The van der Waals surface area contributed by atoms with Gasteiger partial charge in [-0.3, -0.25) is 4.90 Å². The summed E-state index contributed by atoms with van der Waals surface area (Å²) >= 11 is 0. The molecule has 0 spiro atoms. The summed E-state index contributed by atoms with van der Waals surface area (Å²) in [5.74, 6) is 0.133. The van der Waals surface area contributed by atoms with Gasteiger partial charge in [0.15, 0.2) is 0 Å². The fourth-order valence-electron chi connectivity index (χ4n) is 1.53. The molecule has 0 rings (SSSR count). The van der Waals surface area contributed by atoms with Gasteiger partial charge in [-0.1, -0.05) is 13.8 Å². The largest absolute Gasteiger partial charge is 0.401 e. The van der Waals surface area contributed by atoms with Crippen LogP contribution in [0, 0.1) is 5.92 Å². The number of nitrogens with zero attached hydrogens (tertiary/aromatic N) is 1. The molecule has 0 aromatic heterocycles. The van der Waals surface area contributed by atoms with Crippen LogP contribution in [0.2, 0.25) is 0 Å². The molecule has 0 radical (unpaired) electrons. The van der Waals surface area contributed by atoms with E-state index in [0.717, 1.165) is 6.54 Å². The number of hydrogen-bond donors (Lipinski definition) is 2. The van der Waals surface area contributed by atoms with E-state index in [1.54, 1.807) is 0 Å². The van der Waals surface area contributed by atoms with Crippen LogP contribution in [0.4, 0.5) is 13.2 Å². The SMILES string of the molecule is CCNCC(C)CN(CCO)CC(F)(F)F. The third-order valence-electron chi connectivity index (χ3n) is 2.13. The minimum Gasteiger partial charge on any atom is -0.395 e. The first kappa shape index (κ1) is 15.7. The predicted octanol–water partition coefficient (Wildman–Crippen LogP) is 1.09. The maximum atomic E-state index is 12.2. The number of alkyl halides is 3. The van der Waals surface area contributed by atoms with Gasteiger partial charge in [-0.2, -0.15) is 13.2 Å². The zero-order valence-corrected chi connectivity index (χ0v) is 9.85. The van der Waals surface area contributed by atoms with Crippen molar-refractivity contribution in [1.82, 2.24) is 10.2 Å². The Bertz CT molecular complexity index is 176. The molecule has 0 aromatic carbocycles. The monoisotopic (exact) mass is 242 g/mol. The third kappa shape index (κ3) is 8.94. The second-order valence-corrected chi connectivity index (χ2v) is 3.99. The second-order valence-electron chi connectivity index (χ2n) is 3.99. The van der Waals surface area contributed by atoms with Crippen molar-refractivity contribution >= 4 is 0 Å². The summed E-state index contributed by atoms with van der Waals surface area (Å²) in [4.78, 5) is 1.24. The quantitative estimate of drug-likeness (QED) is 0.669. The van der Waals surface area contributed by atoms with E-state index < -0.39 is 12.7 Å². The smallest absolute Gasteiger partial charge is 0.395 e. The molecule has 0 saturated carbocycles. The lowest BCUT2D eigenvalue weighted by Crippen LogP contribution is -2.40. The van der Waals surface area contributed by atoms with Gasteiger partial charge in [0.25, 0.3) is 0 Å². The van der Waals surface area contributed by atoms with Gasteiger partial charge in [0, 0.05) is 13.1 Å². The lowest BCUT2D eigenvalue weighted by molar-refractivity contribution is -0.147. The molecule has 6 heteroatoms. The average Bonchev–Trinajstić information content (AvgIpc) is 2.12. The van der Waals surface area contributed by atoms with Crippen molar-refractivity contribution in [1.29, 1.82) is 0 Å². The van der Waals surface area contributed by atoms with Gasteiger partial charge in [-0.15, -0.1) is 0 Å². The number of nitrogens with one attached hydrogen (secondary N) is 1. The maximum Gasteiger partial charge on any atom is 0.401 e. The Morgan fingerprint density at radius 1 is 1.38 bits per heavy atom. The molecule has 16 heavy (non-hydrogen) atoms. The van der Waals surface area contributed by atoms with Crippen LogP contribution in [0.5, 0.6) is 0 Å². The van der Waals surface area contributed by atoms with Crippen LogP contribution in [0.1, 0.15) is 13.8 Å². The summed E-state index contributed by atoms with van der Waals surface area (Å²) in [5, 5.41) is 11.8. The van der Waals surface area contributed by atoms with Crippen molar-refractivity contribution in [3.05, 3.63) is 0 Å². The zero-order valence-electron chi connectivity index (χ0n) is 9.85. The Balaban J connectivity index is 4.01. The van der Waals surface area contributed by atoms with E-state index in [-0.39, 0.29) is 19.1 Å². The van der Waals surface area contributed by atoms with E-state index in [0.29, 0.717) is 13.1 Å². The number of aliphatic hydroxyl groups is 1. The molecule has 98 valence electrons. The highest BCUT2D eigenvalue weighted by atomic mass is 19.4. The molecular formula is C10H21F3N2O. The molecule has 0 aliphatic rings. The fourth-order valence-corrected chi connectivity index (χ4v) is 1.53. The molecule has 1 unspecified atom stereocenters. The Morgan fingerprint density at radius 3 is 2.44 bits per heavy atom. The fraction of sp³-hybridized carbons (Fsp3) is 1.00. The maximum absolute atomic E-state index is 12.2. The summed E-state index contributed by atoms with van der Waals surface area (Å²) < 4.78 is 36.6. The van der Waals surface area contributed by atoms with E-state index in [9.17, 15) is 13.2 Å². The molecule has 2 N–H and O–H groups in total. The highest BCUT2D eigenvalue weighted by Crippen LogP contribution is 2.16. The van der Waals surface area contributed by atoms with E-state index in [2.05, 4.69) is 5.32 Å². The molecule has 0 amide bonds. The molecule has 0 saturated heterocycles. The first-order chi connectivity index (χ1) is 7.39. The van der Waals surface area contributed by atoms with Crippen LogP contribution < -0.4 is 5.32 Å². The summed E-state index contributed by atoms with van der Waals surface area (Å²) in [6.07, 6.45) is -4.20. The van der Waals surface area contributed by atoms with Crippen molar-refractivity contribution in [2.45, 2.75) is 20.0 Å². The highest BCUT2D eigenvalue weighted by molar-refractivity contribution is 4.67. The van der Waals surface area contributed by atoms with E-state index in [1.807, 2.05) is 13.8 Å². The van der Waals surface area contributed by atoms with Crippen LogP contribution in [0.15, 0.2) is 0 Å². The molecule has 0 bridgehead atoms. The normalized spacial score (nSPS) is 14.4. The zero-order chi connectivity index (χ0) is 12.6. The van der Waals surface area contributed by atoms with Crippen molar-refractivity contribution in [3.8, 4) is 0 Å². The molecule has 0 fully saturated rings. The van der Waals surface area contributed by atoms with Crippen LogP contribution in [0.25, 0.3) is 0 Å².